The average molecular weight is 447 g/mol. The highest BCUT2D eigenvalue weighted by Crippen LogP contribution is 2.22. The third kappa shape index (κ3) is 4.64. The number of benzene rings is 2. The van der Waals surface area contributed by atoms with Gasteiger partial charge in [-0.1, -0.05) is 0 Å². The SMILES string of the molecule is CCOc1ccc(-n2c(O)c(C=Nc3ccc(S(N)(=O)=O)cc3)c(=O)[nH]c2=S)cc1. The van der Waals surface area contributed by atoms with Gasteiger partial charge in [-0.2, -0.15) is 0 Å². The predicted molar refractivity (Wildman–Crippen MR) is 115 cm³/mol. The summed E-state index contributed by atoms with van der Waals surface area (Å²) in [5.41, 5.74) is 0.137. The second-order valence-corrected chi connectivity index (χ2v) is 8.00. The minimum atomic E-state index is -3.82. The molecule has 0 spiro atoms. The monoisotopic (exact) mass is 446 g/mol. The van der Waals surface area contributed by atoms with Gasteiger partial charge in [0.05, 0.1) is 22.9 Å². The summed E-state index contributed by atoms with van der Waals surface area (Å²) in [6, 6.07) is 12.2. The van der Waals surface area contributed by atoms with Crippen molar-refractivity contribution in [1.82, 2.24) is 9.55 Å². The van der Waals surface area contributed by atoms with Crippen molar-refractivity contribution in [3.8, 4) is 17.3 Å². The second kappa shape index (κ2) is 8.61. The third-order valence-corrected chi connectivity index (χ3v) is 5.25. The van der Waals surface area contributed by atoms with E-state index in [-0.39, 0.29) is 15.2 Å². The van der Waals surface area contributed by atoms with Crippen molar-refractivity contribution in [3.05, 3.63) is 69.2 Å². The number of aromatic hydroxyl groups is 1. The van der Waals surface area contributed by atoms with Crippen LogP contribution < -0.4 is 15.4 Å². The molecule has 0 bridgehead atoms. The Balaban J connectivity index is 2.00. The molecule has 0 unspecified atom stereocenters. The minimum absolute atomic E-state index is 0.0105. The second-order valence-electron chi connectivity index (χ2n) is 6.06. The average Bonchev–Trinajstić information content (AvgIpc) is 2.69. The molecule has 0 saturated carbocycles. The predicted octanol–water partition coefficient (Wildman–Crippen LogP) is 2.40. The summed E-state index contributed by atoms with van der Waals surface area (Å²) in [4.78, 5) is 18.8. The van der Waals surface area contributed by atoms with Gasteiger partial charge in [-0.15, -0.1) is 0 Å². The number of sulfonamides is 1. The van der Waals surface area contributed by atoms with Crippen molar-refractivity contribution < 1.29 is 18.3 Å². The van der Waals surface area contributed by atoms with Gasteiger partial charge < -0.3 is 9.84 Å². The zero-order chi connectivity index (χ0) is 21.9. The Morgan fingerprint density at radius 1 is 1.20 bits per heavy atom. The molecule has 3 aromatic rings. The molecule has 0 amide bonds. The molecule has 0 aliphatic rings. The van der Waals surface area contributed by atoms with Gasteiger partial charge in [0.1, 0.15) is 11.3 Å². The Kier molecular flexibility index (Phi) is 6.15. The summed E-state index contributed by atoms with van der Waals surface area (Å²) in [6.07, 6.45) is 1.17. The number of H-pyrrole nitrogens is 1. The molecule has 0 aliphatic heterocycles. The fourth-order valence-corrected chi connectivity index (χ4v) is 3.41. The van der Waals surface area contributed by atoms with Crippen molar-refractivity contribution in [1.29, 1.82) is 0 Å². The van der Waals surface area contributed by atoms with Crippen LogP contribution in [-0.4, -0.2) is 35.9 Å². The molecule has 2 aromatic carbocycles. The smallest absolute Gasteiger partial charge is 0.264 e. The van der Waals surface area contributed by atoms with E-state index in [9.17, 15) is 18.3 Å². The maximum absolute atomic E-state index is 12.3. The van der Waals surface area contributed by atoms with E-state index >= 15 is 0 Å². The maximum atomic E-state index is 12.3. The van der Waals surface area contributed by atoms with E-state index < -0.39 is 21.5 Å². The quantitative estimate of drug-likeness (QED) is 0.392. The summed E-state index contributed by atoms with van der Waals surface area (Å²) in [7, 11) is -3.82. The molecule has 0 atom stereocenters. The van der Waals surface area contributed by atoms with E-state index in [2.05, 4.69) is 9.98 Å². The number of hydrogen-bond acceptors (Lipinski definition) is 7. The van der Waals surface area contributed by atoms with Crippen molar-refractivity contribution in [3.63, 3.8) is 0 Å². The first-order valence-corrected chi connectivity index (χ1v) is 10.6. The molecule has 0 aliphatic carbocycles. The topological polar surface area (TPSA) is 140 Å². The lowest BCUT2D eigenvalue weighted by Crippen LogP contribution is -2.18. The van der Waals surface area contributed by atoms with Gasteiger partial charge in [0.25, 0.3) is 5.56 Å². The molecule has 156 valence electrons. The third-order valence-electron chi connectivity index (χ3n) is 4.03. The van der Waals surface area contributed by atoms with Crippen LogP contribution in [0.15, 0.2) is 63.2 Å². The largest absolute Gasteiger partial charge is 0.494 e. The number of ether oxygens (including phenoxy) is 1. The lowest BCUT2D eigenvalue weighted by molar-refractivity contribution is 0.340. The first-order valence-electron chi connectivity index (χ1n) is 8.69. The highest BCUT2D eigenvalue weighted by Gasteiger charge is 2.13. The summed E-state index contributed by atoms with van der Waals surface area (Å²) in [5, 5.41) is 15.7. The Hall–Kier alpha value is -3.28. The number of aromatic nitrogens is 2. The number of primary sulfonamides is 1. The lowest BCUT2D eigenvalue weighted by Gasteiger charge is -2.12. The van der Waals surface area contributed by atoms with Gasteiger partial charge >= 0.3 is 0 Å². The number of aromatic amines is 1. The van der Waals surface area contributed by atoms with Gasteiger partial charge in [0, 0.05) is 6.21 Å². The van der Waals surface area contributed by atoms with Crippen LogP contribution in [-0.2, 0) is 10.0 Å². The molecular weight excluding hydrogens is 428 g/mol. The van der Waals surface area contributed by atoms with Crippen molar-refractivity contribution in [2.45, 2.75) is 11.8 Å². The van der Waals surface area contributed by atoms with Crippen molar-refractivity contribution >= 4 is 34.1 Å². The number of nitrogens with one attached hydrogen (secondary N) is 1. The van der Waals surface area contributed by atoms with E-state index in [0.29, 0.717) is 23.7 Å². The molecule has 30 heavy (non-hydrogen) atoms. The zero-order valence-electron chi connectivity index (χ0n) is 15.8. The van der Waals surface area contributed by atoms with Gasteiger partial charge in [0.2, 0.25) is 15.9 Å². The number of hydrogen-bond donors (Lipinski definition) is 3. The van der Waals surface area contributed by atoms with Gasteiger partial charge in [-0.3, -0.25) is 19.3 Å². The highest BCUT2D eigenvalue weighted by atomic mass is 32.2. The highest BCUT2D eigenvalue weighted by molar-refractivity contribution is 7.89. The summed E-state index contributed by atoms with van der Waals surface area (Å²) < 4.78 is 29.3. The number of nitrogens with two attached hydrogens (primary N) is 1. The molecule has 11 heteroatoms. The van der Waals surface area contributed by atoms with Crippen LogP contribution >= 0.6 is 12.2 Å². The van der Waals surface area contributed by atoms with Crippen LogP contribution in [0.2, 0.25) is 0 Å². The van der Waals surface area contributed by atoms with Gasteiger partial charge in [-0.05, 0) is 67.7 Å². The van der Waals surface area contributed by atoms with Crippen LogP contribution in [0.5, 0.6) is 11.6 Å². The molecular formula is C19H18N4O5S2. The lowest BCUT2D eigenvalue weighted by atomic mass is 10.2. The number of aliphatic imine (C=N–C) groups is 1. The normalized spacial score (nSPS) is 11.7. The van der Waals surface area contributed by atoms with Crippen LogP contribution in [0, 0.1) is 4.77 Å². The number of nitrogens with zero attached hydrogens (tertiary/aromatic N) is 2. The Bertz CT molecular complexity index is 1310. The molecule has 1 heterocycles. The fourth-order valence-electron chi connectivity index (χ4n) is 2.61. The van der Waals surface area contributed by atoms with E-state index in [1.54, 1.807) is 24.3 Å². The van der Waals surface area contributed by atoms with Gasteiger partial charge in [-0.25, -0.2) is 13.6 Å². The fraction of sp³-hybridized carbons (Fsp3) is 0.105. The zero-order valence-corrected chi connectivity index (χ0v) is 17.4. The van der Waals surface area contributed by atoms with Crippen LogP contribution in [0.1, 0.15) is 12.5 Å². The van der Waals surface area contributed by atoms with E-state index in [4.69, 9.17) is 22.1 Å². The molecule has 1 aromatic heterocycles. The van der Waals surface area contributed by atoms with Crippen molar-refractivity contribution in [2.24, 2.45) is 10.1 Å². The maximum Gasteiger partial charge on any atom is 0.264 e. The van der Waals surface area contributed by atoms with Crippen LogP contribution in [0.3, 0.4) is 0 Å². The van der Waals surface area contributed by atoms with E-state index in [1.807, 2.05) is 6.92 Å². The van der Waals surface area contributed by atoms with E-state index in [0.717, 1.165) is 0 Å². The van der Waals surface area contributed by atoms with Gasteiger partial charge in [0.15, 0.2) is 4.77 Å². The first kappa shape index (κ1) is 21.4. The molecule has 3 rings (SSSR count). The molecule has 9 nitrogen and oxygen atoms in total. The Morgan fingerprint density at radius 3 is 2.40 bits per heavy atom. The summed E-state index contributed by atoms with van der Waals surface area (Å²) >= 11 is 5.18. The standard InChI is InChI=1S/C19H18N4O5S2/c1-2-28-14-7-5-13(6-8-14)23-18(25)16(17(24)22-19(23)29)11-21-12-3-9-15(10-4-12)30(20,26)27/h3-11,25H,2H2,1H3,(H2,20,26,27)(H,22,24,29). The summed E-state index contributed by atoms with van der Waals surface area (Å²) in [6.45, 7) is 2.38. The molecule has 0 saturated heterocycles. The first-order chi connectivity index (χ1) is 14.2. The molecule has 0 radical (unpaired) electrons. The minimum Gasteiger partial charge on any atom is -0.494 e. The summed E-state index contributed by atoms with van der Waals surface area (Å²) in [5.74, 6) is 0.263. The molecule has 0 fully saturated rings. The van der Waals surface area contributed by atoms with Crippen molar-refractivity contribution in [2.75, 3.05) is 6.61 Å². The molecule has 4 N–H and O–H groups in total. The van der Waals surface area contributed by atoms with Crippen LogP contribution in [0.4, 0.5) is 5.69 Å². The Labute approximate surface area is 177 Å². The van der Waals surface area contributed by atoms with E-state index in [1.165, 1.54) is 35.0 Å². The van der Waals surface area contributed by atoms with Crippen LogP contribution in [0.25, 0.3) is 5.69 Å². The Morgan fingerprint density at radius 2 is 1.83 bits per heavy atom. The number of rotatable bonds is 6.